The fraction of sp³-hybridized carbons (Fsp3) is 0.231. The third kappa shape index (κ3) is 3.95. The van der Waals surface area contributed by atoms with E-state index in [0.717, 1.165) is 20.9 Å². The second kappa shape index (κ2) is 9.12. The van der Waals surface area contributed by atoms with Gasteiger partial charge in [-0.3, -0.25) is 0 Å². The number of ether oxygens (including phenoxy) is 2. The molecular weight excluding hydrogens is 554 g/mol. The maximum absolute atomic E-state index is 6.30. The lowest BCUT2D eigenvalue weighted by molar-refractivity contribution is 0.282. The molecule has 0 radical (unpaired) electrons. The van der Waals surface area contributed by atoms with E-state index in [2.05, 4.69) is 79.7 Å². The van der Waals surface area contributed by atoms with Crippen LogP contribution < -0.4 is 14.8 Å². The molecule has 5 rings (SSSR count). The highest BCUT2D eigenvalue weighted by molar-refractivity contribution is 9.11. The summed E-state index contributed by atoms with van der Waals surface area (Å²) in [5.41, 5.74) is 4.61. The Morgan fingerprint density at radius 3 is 2.72 bits per heavy atom. The molecule has 6 heteroatoms. The van der Waals surface area contributed by atoms with Crippen LogP contribution in [0, 0.1) is 5.92 Å². The van der Waals surface area contributed by atoms with Crippen molar-refractivity contribution in [1.29, 1.82) is 0 Å². The van der Waals surface area contributed by atoms with E-state index in [9.17, 15) is 0 Å². The van der Waals surface area contributed by atoms with Crippen molar-refractivity contribution in [2.24, 2.45) is 5.92 Å². The molecule has 0 aromatic heterocycles. The van der Waals surface area contributed by atoms with Gasteiger partial charge in [0.2, 0.25) is 0 Å². The predicted molar refractivity (Wildman–Crippen MR) is 137 cm³/mol. The summed E-state index contributed by atoms with van der Waals surface area (Å²) in [7, 11) is 1.67. The molecule has 1 aliphatic heterocycles. The van der Waals surface area contributed by atoms with E-state index in [1.165, 1.54) is 16.8 Å². The van der Waals surface area contributed by atoms with E-state index < -0.39 is 0 Å². The van der Waals surface area contributed by atoms with Crippen molar-refractivity contribution < 1.29 is 9.47 Å². The van der Waals surface area contributed by atoms with Crippen molar-refractivity contribution in [2.45, 2.75) is 25.0 Å². The number of hydrogen-bond acceptors (Lipinski definition) is 3. The largest absolute Gasteiger partial charge is 0.493 e. The molecular formula is C26H22Br2ClNO2. The molecule has 3 atom stereocenters. The zero-order chi connectivity index (χ0) is 22.2. The van der Waals surface area contributed by atoms with Gasteiger partial charge in [-0.2, -0.15) is 0 Å². The number of fused-ring (bicyclic) bond motifs is 3. The lowest BCUT2D eigenvalue weighted by atomic mass is 9.77. The number of benzene rings is 3. The molecule has 3 aromatic carbocycles. The van der Waals surface area contributed by atoms with Gasteiger partial charge >= 0.3 is 0 Å². The summed E-state index contributed by atoms with van der Waals surface area (Å²) in [6, 6.07) is 18.5. The Labute approximate surface area is 210 Å². The smallest absolute Gasteiger partial charge is 0.175 e. The number of para-hydroxylation sites is 1. The van der Waals surface area contributed by atoms with Gasteiger partial charge in [0.05, 0.1) is 23.3 Å². The van der Waals surface area contributed by atoms with Crippen LogP contribution in [0.5, 0.6) is 11.5 Å². The highest BCUT2D eigenvalue weighted by Crippen LogP contribution is 2.52. The van der Waals surface area contributed by atoms with Gasteiger partial charge in [0.1, 0.15) is 6.61 Å². The van der Waals surface area contributed by atoms with E-state index in [1.807, 2.05) is 24.3 Å². The standard InChI is InChI=1S/C26H22Br2ClNO2/c1-31-23-13-16(12-21(28)26(23)32-14-15-6-2-3-11-22(15)29)24-18-8-4-7-17(18)19-9-5-10-20(27)25(19)30-24/h2-7,9-13,17-18,24,30H,8,14H2,1H3/t17-,18+,24-/m0/s1. The number of rotatable bonds is 5. The molecule has 0 saturated heterocycles. The Kier molecular flexibility index (Phi) is 6.24. The number of nitrogens with one attached hydrogen (secondary N) is 1. The summed E-state index contributed by atoms with van der Waals surface area (Å²) in [4.78, 5) is 0. The maximum atomic E-state index is 6.30. The van der Waals surface area contributed by atoms with Crippen LogP contribution in [-0.4, -0.2) is 7.11 Å². The highest BCUT2D eigenvalue weighted by atomic mass is 79.9. The summed E-state index contributed by atoms with van der Waals surface area (Å²) < 4.78 is 13.8. The Balaban J connectivity index is 1.48. The van der Waals surface area contributed by atoms with E-state index in [0.29, 0.717) is 35.0 Å². The Hall–Kier alpha value is -1.95. The SMILES string of the molecule is COc1cc([C@@H]2Nc3c(Br)cccc3[C@H]3C=CC[C@H]32)cc(Br)c1OCc1ccccc1Cl. The first-order valence-electron chi connectivity index (χ1n) is 10.5. The summed E-state index contributed by atoms with van der Waals surface area (Å²) >= 11 is 13.8. The van der Waals surface area contributed by atoms with Crippen LogP contribution in [0.15, 0.2) is 75.7 Å². The van der Waals surface area contributed by atoms with Gasteiger partial charge in [0, 0.05) is 21.0 Å². The Bertz CT molecular complexity index is 1200. The fourth-order valence-corrected chi connectivity index (χ4v) is 6.00. The van der Waals surface area contributed by atoms with Gasteiger partial charge in [-0.15, -0.1) is 0 Å². The van der Waals surface area contributed by atoms with Crippen molar-refractivity contribution in [3.8, 4) is 11.5 Å². The van der Waals surface area contributed by atoms with Gasteiger partial charge in [-0.1, -0.05) is 54.1 Å². The fourth-order valence-electron chi connectivity index (χ4n) is 4.74. The topological polar surface area (TPSA) is 30.5 Å². The minimum Gasteiger partial charge on any atom is -0.493 e. The minimum absolute atomic E-state index is 0.156. The van der Waals surface area contributed by atoms with Crippen LogP contribution in [0.1, 0.15) is 35.1 Å². The molecule has 3 nitrogen and oxygen atoms in total. The second-order valence-electron chi connectivity index (χ2n) is 8.09. The minimum atomic E-state index is 0.156. The molecule has 0 spiro atoms. The van der Waals surface area contributed by atoms with Crippen LogP contribution >= 0.6 is 43.5 Å². The Morgan fingerprint density at radius 2 is 1.91 bits per heavy atom. The van der Waals surface area contributed by atoms with E-state index >= 15 is 0 Å². The molecule has 2 aliphatic rings. The summed E-state index contributed by atoms with van der Waals surface area (Å²) in [5.74, 6) is 2.22. The zero-order valence-corrected chi connectivity index (χ0v) is 21.4. The van der Waals surface area contributed by atoms with Gasteiger partial charge in [-0.05, 0) is 79.6 Å². The third-order valence-corrected chi connectivity index (χ3v) is 7.91. The lowest BCUT2D eigenvalue weighted by Gasteiger charge is -2.38. The summed E-state index contributed by atoms with van der Waals surface area (Å²) in [5, 5.41) is 4.48. The molecule has 0 saturated carbocycles. The number of methoxy groups -OCH3 is 1. The normalized spacial score (nSPS) is 20.9. The summed E-state index contributed by atoms with van der Waals surface area (Å²) in [6.07, 6.45) is 5.68. The molecule has 1 aliphatic carbocycles. The monoisotopic (exact) mass is 573 g/mol. The van der Waals surface area contributed by atoms with Crippen molar-refractivity contribution >= 4 is 49.1 Å². The number of anilines is 1. The number of hydrogen-bond donors (Lipinski definition) is 1. The van der Waals surface area contributed by atoms with Gasteiger partial charge in [-0.25, -0.2) is 0 Å². The van der Waals surface area contributed by atoms with E-state index in [1.54, 1.807) is 7.11 Å². The Morgan fingerprint density at radius 1 is 1.06 bits per heavy atom. The van der Waals surface area contributed by atoms with Crippen molar-refractivity contribution in [3.63, 3.8) is 0 Å². The quantitative estimate of drug-likeness (QED) is 0.311. The maximum Gasteiger partial charge on any atom is 0.175 e. The van der Waals surface area contributed by atoms with Crippen LogP contribution in [0.25, 0.3) is 0 Å². The van der Waals surface area contributed by atoms with Crippen molar-refractivity contribution in [2.75, 3.05) is 12.4 Å². The zero-order valence-electron chi connectivity index (χ0n) is 17.4. The molecule has 164 valence electrons. The first-order valence-corrected chi connectivity index (χ1v) is 12.5. The average Bonchev–Trinajstić information content (AvgIpc) is 3.29. The van der Waals surface area contributed by atoms with Gasteiger partial charge in [0.15, 0.2) is 11.5 Å². The van der Waals surface area contributed by atoms with E-state index in [4.69, 9.17) is 21.1 Å². The van der Waals surface area contributed by atoms with Crippen LogP contribution in [-0.2, 0) is 6.61 Å². The average molecular weight is 576 g/mol. The van der Waals surface area contributed by atoms with E-state index in [-0.39, 0.29) is 6.04 Å². The van der Waals surface area contributed by atoms with Crippen LogP contribution in [0.3, 0.4) is 0 Å². The molecule has 1 N–H and O–H groups in total. The molecule has 0 unspecified atom stereocenters. The third-order valence-electron chi connectivity index (χ3n) is 6.29. The number of allylic oxidation sites excluding steroid dienone is 2. The molecule has 3 aromatic rings. The molecule has 0 fully saturated rings. The first kappa shape index (κ1) is 21.9. The van der Waals surface area contributed by atoms with Crippen LogP contribution in [0.4, 0.5) is 5.69 Å². The molecule has 0 bridgehead atoms. The predicted octanol–water partition coefficient (Wildman–Crippen LogP) is 8.28. The molecule has 0 amide bonds. The van der Waals surface area contributed by atoms with Crippen LogP contribution in [0.2, 0.25) is 5.02 Å². The first-order chi connectivity index (χ1) is 15.6. The second-order valence-corrected chi connectivity index (χ2v) is 10.2. The summed E-state index contributed by atoms with van der Waals surface area (Å²) in [6.45, 7) is 0.366. The number of halogens is 3. The van der Waals surface area contributed by atoms with Crippen molar-refractivity contribution in [3.05, 3.63) is 97.4 Å². The molecule has 1 heterocycles. The highest BCUT2D eigenvalue weighted by Gasteiger charge is 2.39. The van der Waals surface area contributed by atoms with Crippen molar-refractivity contribution in [1.82, 2.24) is 0 Å². The van der Waals surface area contributed by atoms with Gasteiger partial charge in [0.25, 0.3) is 0 Å². The van der Waals surface area contributed by atoms with Gasteiger partial charge < -0.3 is 14.8 Å². The lowest BCUT2D eigenvalue weighted by Crippen LogP contribution is -2.29. The molecule has 32 heavy (non-hydrogen) atoms.